The number of ether oxygens (including phenoxy) is 2. The Bertz CT molecular complexity index is 1660. The van der Waals surface area contributed by atoms with Gasteiger partial charge in [-0.25, -0.2) is 4.79 Å². The number of nitro groups is 1. The van der Waals surface area contributed by atoms with E-state index in [9.17, 15) is 29.6 Å². The number of carboxylic acids is 1. The number of hydrogen-bond donors (Lipinski definition) is 3. The third-order valence-electron chi connectivity index (χ3n) is 6.66. The molecule has 0 aliphatic carbocycles. The Balaban J connectivity index is 1.53. The number of carbonyl (C=O) groups is 3. The minimum Gasteiger partial charge on any atom is -0.497 e. The maximum absolute atomic E-state index is 13.4. The van der Waals surface area contributed by atoms with Gasteiger partial charge in [0.1, 0.15) is 23.2 Å². The van der Waals surface area contributed by atoms with Gasteiger partial charge in [-0.1, -0.05) is 38.1 Å². The highest BCUT2D eigenvalue weighted by atomic mass is 16.6. The zero-order valence-electron chi connectivity index (χ0n) is 24.4. The molecule has 3 N–H and O–H groups in total. The van der Waals surface area contributed by atoms with Crippen LogP contribution in [0.3, 0.4) is 0 Å². The number of aromatic carboxylic acids is 1. The standard InChI is InChI=1S/C29H31N7O8/c1-17(2)26(28(38)30-24-13-23(29(39)40)35(32-24)16-19-7-11-21(44-4)12-8-19)31-27(37)22-14-25(36(41)42)33-34(22)15-18-5-9-20(43-3)10-6-18/h5-14,17,26H,15-16H2,1-4H3,(H,31,37)(H,39,40)(H,30,32,38). The van der Waals surface area contributed by atoms with Crippen LogP contribution in [0.5, 0.6) is 11.5 Å². The molecule has 2 aromatic heterocycles. The predicted octanol–water partition coefficient (Wildman–Crippen LogP) is 3.19. The van der Waals surface area contributed by atoms with Crippen LogP contribution in [-0.4, -0.2) is 67.6 Å². The highest BCUT2D eigenvalue weighted by molar-refractivity contribution is 6.01. The third-order valence-corrected chi connectivity index (χ3v) is 6.66. The minimum absolute atomic E-state index is 0.0269. The van der Waals surface area contributed by atoms with Crippen LogP contribution < -0.4 is 20.1 Å². The molecule has 44 heavy (non-hydrogen) atoms. The number of hydrogen-bond acceptors (Lipinski definition) is 9. The lowest BCUT2D eigenvalue weighted by Gasteiger charge is -2.21. The van der Waals surface area contributed by atoms with Crippen molar-refractivity contribution in [3.8, 4) is 11.5 Å². The predicted molar refractivity (Wildman–Crippen MR) is 157 cm³/mol. The molecule has 1 atom stereocenters. The molecule has 2 heterocycles. The fourth-order valence-electron chi connectivity index (χ4n) is 4.33. The first kappa shape index (κ1) is 31.2. The number of anilines is 1. The van der Waals surface area contributed by atoms with Crippen molar-refractivity contribution in [3.05, 3.63) is 93.3 Å². The van der Waals surface area contributed by atoms with Gasteiger partial charge in [-0.05, 0) is 46.2 Å². The lowest BCUT2D eigenvalue weighted by Crippen LogP contribution is -2.47. The number of amides is 2. The van der Waals surface area contributed by atoms with Crippen LogP contribution in [0.1, 0.15) is 46.0 Å². The second kappa shape index (κ2) is 13.5. The number of nitrogens with zero attached hydrogens (tertiary/aromatic N) is 5. The molecule has 4 rings (SSSR count). The molecule has 1 unspecified atom stereocenters. The minimum atomic E-state index is -1.24. The zero-order chi connectivity index (χ0) is 32.0. The summed E-state index contributed by atoms with van der Waals surface area (Å²) in [6.45, 7) is 3.56. The first-order chi connectivity index (χ1) is 21.0. The van der Waals surface area contributed by atoms with E-state index in [4.69, 9.17) is 9.47 Å². The van der Waals surface area contributed by atoms with E-state index in [0.717, 1.165) is 11.6 Å². The highest BCUT2D eigenvalue weighted by Gasteiger charge is 2.30. The Morgan fingerprint density at radius 2 is 1.41 bits per heavy atom. The Kier molecular flexibility index (Phi) is 9.57. The molecule has 0 saturated carbocycles. The van der Waals surface area contributed by atoms with Crippen LogP contribution in [0.4, 0.5) is 11.6 Å². The van der Waals surface area contributed by atoms with E-state index in [0.29, 0.717) is 17.1 Å². The average Bonchev–Trinajstić information content (AvgIpc) is 3.60. The number of aromatic nitrogens is 4. The van der Waals surface area contributed by atoms with Gasteiger partial charge in [-0.2, -0.15) is 9.78 Å². The molecule has 0 spiro atoms. The van der Waals surface area contributed by atoms with E-state index < -0.39 is 40.5 Å². The van der Waals surface area contributed by atoms with Crippen molar-refractivity contribution in [3.63, 3.8) is 0 Å². The van der Waals surface area contributed by atoms with E-state index in [1.807, 2.05) is 0 Å². The summed E-state index contributed by atoms with van der Waals surface area (Å²) in [4.78, 5) is 49.3. The SMILES string of the molecule is COc1ccc(Cn2nc(NC(=O)C(NC(=O)c3cc([N+](=O)[O-])nn3Cc3ccc(OC)cc3)C(C)C)cc2C(=O)O)cc1. The van der Waals surface area contributed by atoms with Crippen LogP contribution >= 0.6 is 0 Å². The molecule has 0 bridgehead atoms. The van der Waals surface area contributed by atoms with E-state index in [1.54, 1.807) is 62.4 Å². The highest BCUT2D eigenvalue weighted by Crippen LogP contribution is 2.19. The summed E-state index contributed by atoms with van der Waals surface area (Å²) >= 11 is 0. The molecule has 230 valence electrons. The maximum Gasteiger partial charge on any atom is 0.390 e. The van der Waals surface area contributed by atoms with E-state index in [1.165, 1.54) is 29.6 Å². The smallest absolute Gasteiger partial charge is 0.390 e. The lowest BCUT2D eigenvalue weighted by molar-refractivity contribution is -0.389. The number of nitrogens with one attached hydrogen (secondary N) is 2. The number of methoxy groups -OCH3 is 2. The Hall–Kier alpha value is -5.73. The average molecular weight is 606 g/mol. The normalized spacial score (nSPS) is 11.6. The molecule has 0 aliphatic heterocycles. The summed E-state index contributed by atoms with van der Waals surface area (Å²) in [5, 5.41) is 34.6. The van der Waals surface area contributed by atoms with Gasteiger partial charge in [0.05, 0.1) is 38.5 Å². The lowest BCUT2D eigenvalue weighted by atomic mass is 10.0. The van der Waals surface area contributed by atoms with Crippen LogP contribution in [0.2, 0.25) is 0 Å². The van der Waals surface area contributed by atoms with Gasteiger partial charge in [0.25, 0.3) is 5.91 Å². The van der Waals surface area contributed by atoms with E-state index >= 15 is 0 Å². The maximum atomic E-state index is 13.4. The van der Waals surface area contributed by atoms with Crippen molar-refractivity contribution in [1.82, 2.24) is 24.9 Å². The molecule has 2 amide bonds. The summed E-state index contributed by atoms with van der Waals surface area (Å²) in [5.74, 6) is -2.39. The Morgan fingerprint density at radius 3 is 1.86 bits per heavy atom. The molecule has 0 radical (unpaired) electrons. The summed E-state index contributed by atoms with van der Waals surface area (Å²) in [5.41, 5.74) is 1.18. The van der Waals surface area contributed by atoms with Gasteiger partial charge in [0.2, 0.25) is 5.91 Å². The molecule has 15 nitrogen and oxygen atoms in total. The second-order valence-electron chi connectivity index (χ2n) is 10.1. The molecule has 0 fully saturated rings. The third kappa shape index (κ3) is 7.36. The fraction of sp³-hybridized carbons (Fsp3) is 0.276. The molecular weight excluding hydrogens is 574 g/mol. The summed E-state index contributed by atoms with van der Waals surface area (Å²) in [6.07, 6.45) is 0. The van der Waals surface area contributed by atoms with Crippen molar-refractivity contribution >= 4 is 29.4 Å². The van der Waals surface area contributed by atoms with Gasteiger partial charge < -0.3 is 35.3 Å². The molecule has 4 aromatic rings. The Labute approximate surface area is 251 Å². The van der Waals surface area contributed by atoms with E-state index in [-0.39, 0.29) is 30.3 Å². The molecule has 0 aliphatic rings. The first-order valence-corrected chi connectivity index (χ1v) is 13.4. The molecule has 2 aromatic carbocycles. The van der Waals surface area contributed by atoms with Gasteiger partial charge in [-0.15, -0.1) is 0 Å². The van der Waals surface area contributed by atoms with Crippen molar-refractivity contribution in [2.75, 3.05) is 19.5 Å². The fourth-order valence-corrected chi connectivity index (χ4v) is 4.33. The zero-order valence-corrected chi connectivity index (χ0v) is 24.4. The summed E-state index contributed by atoms with van der Waals surface area (Å²) < 4.78 is 12.7. The summed E-state index contributed by atoms with van der Waals surface area (Å²) in [6, 6.07) is 15.0. The van der Waals surface area contributed by atoms with Crippen molar-refractivity contribution in [2.45, 2.75) is 33.0 Å². The second-order valence-corrected chi connectivity index (χ2v) is 10.1. The monoisotopic (exact) mass is 605 g/mol. The van der Waals surface area contributed by atoms with Gasteiger partial charge in [0, 0.05) is 6.07 Å². The van der Waals surface area contributed by atoms with Crippen LogP contribution in [0.25, 0.3) is 0 Å². The van der Waals surface area contributed by atoms with Crippen molar-refractivity contribution < 1.29 is 33.9 Å². The quantitative estimate of drug-likeness (QED) is 0.151. The van der Waals surface area contributed by atoms with Crippen LogP contribution in [0.15, 0.2) is 60.7 Å². The number of rotatable bonds is 13. The van der Waals surface area contributed by atoms with Gasteiger partial charge in [0.15, 0.2) is 11.5 Å². The first-order valence-electron chi connectivity index (χ1n) is 13.4. The van der Waals surface area contributed by atoms with Crippen molar-refractivity contribution in [1.29, 1.82) is 0 Å². The van der Waals surface area contributed by atoms with E-state index in [2.05, 4.69) is 20.8 Å². The van der Waals surface area contributed by atoms with Gasteiger partial charge in [-0.3, -0.25) is 14.3 Å². The van der Waals surface area contributed by atoms with Crippen LogP contribution in [-0.2, 0) is 17.9 Å². The number of benzene rings is 2. The molecule has 0 saturated heterocycles. The van der Waals surface area contributed by atoms with Gasteiger partial charge >= 0.3 is 11.8 Å². The summed E-state index contributed by atoms with van der Waals surface area (Å²) in [7, 11) is 3.06. The Morgan fingerprint density at radius 1 is 0.886 bits per heavy atom. The molecular formula is C29H31N7O8. The largest absolute Gasteiger partial charge is 0.497 e. The number of carbonyl (C=O) groups excluding carboxylic acids is 2. The van der Waals surface area contributed by atoms with Crippen molar-refractivity contribution in [2.24, 2.45) is 5.92 Å². The number of carboxylic acid groups (broad SMARTS) is 1. The van der Waals surface area contributed by atoms with Crippen LogP contribution in [0, 0.1) is 16.0 Å². The topological polar surface area (TPSA) is 193 Å². The molecule has 15 heteroatoms.